The molecule has 0 saturated carbocycles. The van der Waals surface area contributed by atoms with Crippen LogP contribution in [0.25, 0.3) is 0 Å². The van der Waals surface area contributed by atoms with Gasteiger partial charge in [0.05, 0.1) is 21.1 Å². The van der Waals surface area contributed by atoms with Crippen LogP contribution in [-0.4, -0.2) is 66.9 Å². The van der Waals surface area contributed by atoms with Gasteiger partial charge in [-0.25, -0.2) is 4.79 Å². The molecule has 0 radical (unpaired) electrons. The molecule has 0 fully saturated rings. The van der Waals surface area contributed by atoms with E-state index in [1.165, 1.54) is 38.5 Å². The minimum atomic E-state index is -0.709. The monoisotopic (exact) mass is 373 g/mol. The average Bonchev–Trinajstić information content (AvgIpc) is 2.52. The zero-order valence-corrected chi connectivity index (χ0v) is 17.1. The molecule has 3 N–H and O–H groups in total. The smallest absolute Gasteiger partial charge is 0.362 e. The molecule has 26 heavy (non-hydrogen) atoms. The largest absolute Gasteiger partial charge is 0.481 e. The number of hydrogen-bond acceptors (Lipinski definition) is 3. The van der Waals surface area contributed by atoms with Gasteiger partial charge in [0.1, 0.15) is 0 Å². The summed E-state index contributed by atoms with van der Waals surface area (Å²) in [6, 6.07) is -0.332. The predicted molar refractivity (Wildman–Crippen MR) is 105 cm³/mol. The second-order valence-corrected chi connectivity index (χ2v) is 8.19. The molecule has 1 unspecified atom stereocenters. The normalized spacial score (nSPS) is 12.9. The van der Waals surface area contributed by atoms with Crippen LogP contribution in [0.15, 0.2) is 0 Å². The Balaban J connectivity index is 3.34. The van der Waals surface area contributed by atoms with Crippen LogP contribution < -0.4 is 5.32 Å². The van der Waals surface area contributed by atoms with Crippen LogP contribution in [0, 0.1) is 0 Å². The Morgan fingerprint density at radius 1 is 0.769 bits per heavy atom. The third-order valence-electron chi connectivity index (χ3n) is 4.80. The van der Waals surface area contributed by atoms with Crippen molar-refractivity contribution in [1.29, 1.82) is 0 Å². The summed E-state index contributed by atoms with van der Waals surface area (Å²) in [5, 5.41) is 21.2. The number of nitrogens with zero attached hydrogens (tertiary/aromatic N) is 1. The molecular weight excluding hydrogens is 332 g/mol. The SMILES string of the molecule is C[N+](C)(C)C(CCCNCCCCCCCCCCCC(=O)O)C(=O)O. The molecule has 1 atom stereocenters. The number of carbonyl (C=O) groups is 2. The van der Waals surface area contributed by atoms with E-state index in [9.17, 15) is 14.7 Å². The zero-order valence-electron chi connectivity index (χ0n) is 17.1. The summed E-state index contributed by atoms with van der Waals surface area (Å²) in [5.74, 6) is -1.40. The molecule has 0 bridgehead atoms. The van der Waals surface area contributed by atoms with Crippen molar-refractivity contribution < 1.29 is 24.3 Å². The van der Waals surface area contributed by atoms with Gasteiger partial charge in [-0.1, -0.05) is 44.9 Å². The fraction of sp³-hybridized carbons (Fsp3) is 0.900. The van der Waals surface area contributed by atoms with Gasteiger partial charge >= 0.3 is 11.9 Å². The van der Waals surface area contributed by atoms with Gasteiger partial charge in [0.15, 0.2) is 6.04 Å². The quantitative estimate of drug-likeness (QED) is 0.253. The Bertz CT molecular complexity index is 380. The highest BCUT2D eigenvalue weighted by molar-refractivity contribution is 5.72. The number of nitrogens with one attached hydrogen (secondary N) is 1. The third-order valence-corrected chi connectivity index (χ3v) is 4.80. The molecule has 0 heterocycles. The first-order chi connectivity index (χ1) is 12.2. The van der Waals surface area contributed by atoms with Gasteiger partial charge in [-0.05, 0) is 32.4 Å². The first-order valence-electron chi connectivity index (χ1n) is 10.2. The summed E-state index contributed by atoms with van der Waals surface area (Å²) in [6.07, 6.45) is 12.3. The molecule has 0 aromatic heterocycles. The number of rotatable bonds is 18. The molecule has 0 aliphatic heterocycles. The third kappa shape index (κ3) is 15.1. The molecule has 0 aliphatic rings. The highest BCUT2D eigenvalue weighted by atomic mass is 16.4. The summed E-state index contributed by atoms with van der Waals surface area (Å²) >= 11 is 0. The highest BCUT2D eigenvalue weighted by Gasteiger charge is 2.30. The lowest BCUT2D eigenvalue weighted by molar-refractivity contribution is -0.887. The van der Waals surface area contributed by atoms with Crippen LogP contribution in [0.2, 0.25) is 0 Å². The number of quaternary nitrogens is 1. The van der Waals surface area contributed by atoms with Gasteiger partial charge in [-0.2, -0.15) is 0 Å². The topological polar surface area (TPSA) is 86.6 Å². The minimum absolute atomic E-state index is 0.305. The van der Waals surface area contributed by atoms with Crippen LogP contribution in [0.1, 0.15) is 77.0 Å². The molecule has 0 spiro atoms. The van der Waals surface area contributed by atoms with Crippen LogP contribution in [0.4, 0.5) is 0 Å². The van der Waals surface area contributed by atoms with Gasteiger partial charge in [0, 0.05) is 12.8 Å². The number of likely N-dealkylation sites (N-methyl/N-ethyl adjacent to an activating group) is 1. The number of aliphatic carboxylic acids is 2. The number of hydrogen-bond donors (Lipinski definition) is 3. The van der Waals surface area contributed by atoms with Crippen LogP contribution >= 0.6 is 0 Å². The summed E-state index contributed by atoms with van der Waals surface area (Å²) in [6.45, 7) is 1.90. The molecule has 0 aliphatic carbocycles. The van der Waals surface area contributed by atoms with Crippen molar-refractivity contribution in [3.63, 3.8) is 0 Å². The number of carboxylic acids is 2. The van der Waals surface area contributed by atoms with Gasteiger partial charge in [0.2, 0.25) is 0 Å². The van der Waals surface area contributed by atoms with E-state index in [0.717, 1.165) is 38.8 Å². The maximum Gasteiger partial charge on any atom is 0.362 e. The number of unbranched alkanes of at least 4 members (excludes halogenated alkanes) is 8. The lowest BCUT2D eigenvalue weighted by Gasteiger charge is -2.31. The van der Waals surface area contributed by atoms with E-state index in [1.807, 2.05) is 21.1 Å². The first-order valence-corrected chi connectivity index (χ1v) is 10.2. The predicted octanol–water partition coefficient (Wildman–Crippen LogP) is 3.50. The van der Waals surface area contributed by atoms with Crippen molar-refractivity contribution in [2.24, 2.45) is 0 Å². The van der Waals surface area contributed by atoms with Crippen LogP contribution in [-0.2, 0) is 9.59 Å². The maximum atomic E-state index is 11.3. The van der Waals surface area contributed by atoms with E-state index in [-0.39, 0.29) is 6.04 Å². The van der Waals surface area contributed by atoms with Gasteiger partial charge < -0.3 is 20.0 Å². The van der Waals surface area contributed by atoms with Crippen molar-refractivity contribution in [2.75, 3.05) is 34.2 Å². The molecular formula is C20H41N2O4+. The van der Waals surface area contributed by atoms with E-state index in [2.05, 4.69) is 5.32 Å². The van der Waals surface area contributed by atoms with Crippen molar-refractivity contribution in [3.8, 4) is 0 Å². The van der Waals surface area contributed by atoms with Gasteiger partial charge in [-0.3, -0.25) is 4.79 Å². The second kappa shape index (κ2) is 15.0. The second-order valence-electron chi connectivity index (χ2n) is 8.19. The molecule has 0 aromatic rings. The average molecular weight is 374 g/mol. The number of carboxylic acid groups (broad SMARTS) is 2. The minimum Gasteiger partial charge on any atom is -0.481 e. The molecule has 0 amide bonds. The van der Waals surface area contributed by atoms with Gasteiger partial charge in [0.25, 0.3) is 0 Å². The molecule has 154 valence electrons. The van der Waals surface area contributed by atoms with Crippen molar-refractivity contribution in [3.05, 3.63) is 0 Å². The van der Waals surface area contributed by atoms with Crippen LogP contribution in [0.5, 0.6) is 0 Å². The van der Waals surface area contributed by atoms with E-state index >= 15 is 0 Å². The Hall–Kier alpha value is -1.14. The Labute approximate surface area is 159 Å². The zero-order chi connectivity index (χ0) is 19.8. The van der Waals surface area contributed by atoms with E-state index in [4.69, 9.17) is 5.11 Å². The van der Waals surface area contributed by atoms with Crippen molar-refractivity contribution in [2.45, 2.75) is 83.1 Å². The molecule has 6 heteroatoms. The summed E-state index contributed by atoms with van der Waals surface area (Å²) in [5.41, 5.74) is 0. The molecule has 0 rings (SSSR count). The lowest BCUT2D eigenvalue weighted by atomic mass is 10.1. The summed E-state index contributed by atoms with van der Waals surface area (Å²) in [4.78, 5) is 21.7. The van der Waals surface area contributed by atoms with E-state index in [0.29, 0.717) is 17.3 Å². The molecule has 0 saturated heterocycles. The standard InChI is InChI=1S/C20H40N2O4/c1-22(2,3)18(20(25)26)14-13-17-21-16-12-10-8-6-4-5-7-9-11-15-19(23)24/h18,21H,4-17H2,1-3H3,(H-,23,24,25,26)/p+1. The molecule has 0 aromatic carbocycles. The molecule has 6 nitrogen and oxygen atoms in total. The maximum absolute atomic E-state index is 11.3. The highest BCUT2D eigenvalue weighted by Crippen LogP contribution is 2.11. The Kier molecular flexibility index (Phi) is 14.3. The fourth-order valence-electron chi connectivity index (χ4n) is 3.15. The van der Waals surface area contributed by atoms with Crippen LogP contribution in [0.3, 0.4) is 0 Å². The summed E-state index contributed by atoms with van der Waals surface area (Å²) < 4.78 is 0.467. The van der Waals surface area contributed by atoms with Crippen molar-refractivity contribution in [1.82, 2.24) is 5.32 Å². The Morgan fingerprint density at radius 3 is 1.69 bits per heavy atom. The first kappa shape index (κ1) is 24.9. The fourth-order valence-corrected chi connectivity index (χ4v) is 3.15. The van der Waals surface area contributed by atoms with E-state index in [1.54, 1.807) is 0 Å². The Morgan fingerprint density at radius 2 is 1.23 bits per heavy atom. The van der Waals surface area contributed by atoms with Gasteiger partial charge in [-0.15, -0.1) is 0 Å². The van der Waals surface area contributed by atoms with E-state index < -0.39 is 11.9 Å². The lowest BCUT2D eigenvalue weighted by Crippen LogP contribution is -2.50. The van der Waals surface area contributed by atoms with Crippen molar-refractivity contribution >= 4 is 11.9 Å². The summed E-state index contributed by atoms with van der Waals surface area (Å²) in [7, 11) is 5.80.